The van der Waals surface area contributed by atoms with E-state index in [1.54, 1.807) is 24.2 Å². The van der Waals surface area contributed by atoms with Crippen LogP contribution >= 0.6 is 0 Å². The molecule has 1 aromatic carbocycles. The molecular weight excluding hydrogens is 290 g/mol. The summed E-state index contributed by atoms with van der Waals surface area (Å²) in [5.74, 6) is 0. The summed E-state index contributed by atoms with van der Waals surface area (Å²) < 4.78 is 6.90. The second-order valence-corrected chi connectivity index (χ2v) is 5.39. The highest BCUT2D eigenvalue weighted by atomic mass is 16.5. The Morgan fingerprint density at radius 3 is 2.78 bits per heavy atom. The van der Waals surface area contributed by atoms with Crippen LogP contribution in [0.4, 0.5) is 0 Å². The van der Waals surface area contributed by atoms with Gasteiger partial charge in [0.15, 0.2) is 0 Å². The van der Waals surface area contributed by atoms with Crippen molar-refractivity contribution in [3.63, 3.8) is 0 Å². The van der Waals surface area contributed by atoms with Gasteiger partial charge in [0, 0.05) is 13.3 Å². The van der Waals surface area contributed by atoms with Crippen molar-refractivity contribution in [3.05, 3.63) is 70.5 Å². The summed E-state index contributed by atoms with van der Waals surface area (Å²) in [7, 11) is 1.62. The molecule has 0 fully saturated rings. The van der Waals surface area contributed by atoms with Crippen LogP contribution in [-0.2, 0) is 11.2 Å². The molecule has 118 valence electrons. The van der Waals surface area contributed by atoms with Gasteiger partial charge in [0.25, 0.3) is 5.56 Å². The first-order valence-electron chi connectivity index (χ1n) is 7.64. The van der Waals surface area contributed by atoms with Crippen molar-refractivity contribution >= 4 is 10.9 Å². The lowest BCUT2D eigenvalue weighted by molar-refractivity contribution is 0.166. The van der Waals surface area contributed by atoms with Crippen LogP contribution in [0, 0.1) is 0 Å². The lowest BCUT2D eigenvalue weighted by Gasteiger charge is -2.18. The highest BCUT2D eigenvalue weighted by Crippen LogP contribution is 2.17. The Morgan fingerprint density at radius 1 is 1.22 bits per heavy atom. The van der Waals surface area contributed by atoms with E-state index in [0.29, 0.717) is 17.5 Å². The summed E-state index contributed by atoms with van der Waals surface area (Å²) in [6.07, 6.45) is 4.17. The van der Waals surface area contributed by atoms with Gasteiger partial charge in [-0.3, -0.25) is 14.3 Å². The Kier molecular flexibility index (Phi) is 4.48. The smallest absolute Gasteiger partial charge is 0.261 e. The van der Waals surface area contributed by atoms with E-state index in [2.05, 4.69) is 16.9 Å². The molecule has 0 aliphatic rings. The molecule has 3 rings (SSSR count). The average Bonchev–Trinajstić information content (AvgIpc) is 2.61. The lowest BCUT2D eigenvalue weighted by atomic mass is 10.1. The van der Waals surface area contributed by atoms with Crippen LogP contribution in [-0.4, -0.2) is 28.3 Å². The molecule has 5 nitrogen and oxygen atoms in total. The fourth-order valence-corrected chi connectivity index (χ4v) is 2.66. The molecule has 0 spiro atoms. The van der Waals surface area contributed by atoms with E-state index < -0.39 is 0 Å². The Morgan fingerprint density at radius 2 is 2.09 bits per heavy atom. The number of nitrogens with zero attached hydrogens (tertiary/aromatic N) is 3. The molecule has 0 saturated heterocycles. The number of rotatable bonds is 5. The number of methoxy groups -OCH3 is 1. The zero-order valence-electron chi connectivity index (χ0n) is 13.3. The third-order valence-electron chi connectivity index (χ3n) is 3.94. The summed E-state index contributed by atoms with van der Waals surface area (Å²) in [5, 5.41) is 0.629. The predicted molar refractivity (Wildman–Crippen MR) is 89.6 cm³/mol. The topological polar surface area (TPSA) is 57.0 Å². The quantitative estimate of drug-likeness (QED) is 0.727. The highest BCUT2D eigenvalue weighted by molar-refractivity contribution is 5.78. The summed E-state index contributed by atoms with van der Waals surface area (Å²) >= 11 is 0. The number of ether oxygens (including phenoxy) is 1. The Bertz CT molecular complexity index is 859. The first-order valence-corrected chi connectivity index (χ1v) is 7.64. The minimum Gasteiger partial charge on any atom is -0.382 e. The molecule has 0 saturated carbocycles. The van der Waals surface area contributed by atoms with Crippen molar-refractivity contribution in [2.75, 3.05) is 13.7 Å². The standard InChI is InChI=1S/C18H19N3O2/c1-3-13-7-8-15-14(10-13)18(22)21(12-20-15)17(11-23-2)16-6-4-5-9-19-16/h4-10,12,17H,3,11H2,1-2H3. The predicted octanol–water partition coefficient (Wildman–Crippen LogP) is 2.59. The van der Waals surface area contributed by atoms with Crippen LogP contribution in [0.15, 0.2) is 53.7 Å². The molecule has 1 atom stereocenters. The van der Waals surface area contributed by atoms with Crippen LogP contribution in [0.5, 0.6) is 0 Å². The van der Waals surface area contributed by atoms with Crippen LogP contribution in [0.1, 0.15) is 24.2 Å². The Labute approximate surface area is 134 Å². The highest BCUT2D eigenvalue weighted by Gasteiger charge is 2.18. The summed E-state index contributed by atoms with van der Waals surface area (Å²) in [6.45, 7) is 2.43. The molecule has 2 aromatic heterocycles. The largest absolute Gasteiger partial charge is 0.382 e. The first-order chi connectivity index (χ1) is 11.2. The maximum absolute atomic E-state index is 12.9. The van der Waals surface area contributed by atoms with Crippen LogP contribution < -0.4 is 5.56 Å². The second kappa shape index (κ2) is 6.71. The van der Waals surface area contributed by atoms with E-state index in [4.69, 9.17) is 4.74 Å². The van der Waals surface area contributed by atoms with Gasteiger partial charge in [-0.2, -0.15) is 0 Å². The third kappa shape index (κ3) is 3.00. The number of aromatic nitrogens is 3. The molecule has 0 radical (unpaired) electrons. The second-order valence-electron chi connectivity index (χ2n) is 5.39. The lowest BCUT2D eigenvalue weighted by Crippen LogP contribution is -2.29. The number of pyridine rings is 1. The van der Waals surface area contributed by atoms with Gasteiger partial charge in [0.2, 0.25) is 0 Å². The fourth-order valence-electron chi connectivity index (χ4n) is 2.66. The first kappa shape index (κ1) is 15.4. The zero-order valence-corrected chi connectivity index (χ0v) is 13.3. The van der Waals surface area contributed by atoms with E-state index in [9.17, 15) is 4.79 Å². The van der Waals surface area contributed by atoms with Gasteiger partial charge in [-0.25, -0.2) is 4.98 Å². The van der Waals surface area contributed by atoms with Crippen molar-refractivity contribution < 1.29 is 4.74 Å². The van der Waals surface area contributed by atoms with Gasteiger partial charge >= 0.3 is 0 Å². The van der Waals surface area contributed by atoms with Crippen molar-refractivity contribution in [1.29, 1.82) is 0 Å². The maximum Gasteiger partial charge on any atom is 0.261 e. The fraction of sp³-hybridized carbons (Fsp3) is 0.278. The molecule has 23 heavy (non-hydrogen) atoms. The average molecular weight is 309 g/mol. The number of aryl methyl sites for hydroxylation is 1. The van der Waals surface area contributed by atoms with Gasteiger partial charge in [0.1, 0.15) is 6.04 Å². The normalized spacial score (nSPS) is 12.4. The van der Waals surface area contributed by atoms with E-state index in [1.807, 2.05) is 36.4 Å². The van der Waals surface area contributed by atoms with E-state index in [1.165, 1.54) is 0 Å². The van der Waals surface area contributed by atoms with Gasteiger partial charge in [-0.15, -0.1) is 0 Å². The van der Waals surface area contributed by atoms with Crippen LogP contribution in [0.25, 0.3) is 10.9 Å². The molecule has 0 aliphatic heterocycles. The van der Waals surface area contributed by atoms with Gasteiger partial charge in [-0.1, -0.05) is 19.1 Å². The SMILES string of the molecule is CCc1ccc2ncn(C(COC)c3ccccn3)c(=O)c2c1. The van der Waals surface area contributed by atoms with E-state index in [0.717, 1.165) is 17.7 Å². The van der Waals surface area contributed by atoms with E-state index in [-0.39, 0.29) is 11.6 Å². The monoisotopic (exact) mass is 309 g/mol. The van der Waals surface area contributed by atoms with Crippen LogP contribution in [0.2, 0.25) is 0 Å². The Hall–Kier alpha value is -2.53. The number of fused-ring (bicyclic) bond motifs is 1. The van der Waals surface area contributed by atoms with Gasteiger partial charge < -0.3 is 4.74 Å². The summed E-state index contributed by atoms with van der Waals surface area (Å²) in [5.41, 5.74) is 2.54. The number of hydrogen-bond acceptors (Lipinski definition) is 4. The number of hydrogen-bond donors (Lipinski definition) is 0. The number of benzene rings is 1. The van der Waals surface area contributed by atoms with Crippen molar-refractivity contribution in [2.45, 2.75) is 19.4 Å². The third-order valence-corrected chi connectivity index (χ3v) is 3.94. The molecule has 5 heteroatoms. The Balaban J connectivity index is 2.17. The molecule has 0 amide bonds. The minimum atomic E-state index is -0.295. The summed E-state index contributed by atoms with van der Waals surface area (Å²) in [6, 6.07) is 11.2. The molecule has 0 N–H and O–H groups in total. The minimum absolute atomic E-state index is 0.0713. The molecule has 1 unspecified atom stereocenters. The van der Waals surface area contributed by atoms with E-state index >= 15 is 0 Å². The maximum atomic E-state index is 12.9. The molecular formula is C18H19N3O2. The molecule has 0 bridgehead atoms. The summed E-state index contributed by atoms with van der Waals surface area (Å²) in [4.78, 5) is 21.7. The van der Waals surface area contributed by atoms with Crippen molar-refractivity contribution in [1.82, 2.24) is 14.5 Å². The van der Waals surface area contributed by atoms with Crippen molar-refractivity contribution in [3.8, 4) is 0 Å². The van der Waals surface area contributed by atoms with Gasteiger partial charge in [0.05, 0.1) is 29.5 Å². The zero-order chi connectivity index (χ0) is 16.2. The molecule has 2 heterocycles. The molecule has 0 aliphatic carbocycles. The van der Waals surface area contributed by atoms with Gasteiger partial charge in [-0.05, 0) is 36.2 Å². The van der Waals surface area contributed by atoms with Crippen LogP contribution in [0.3, 0.4) is 0 Å². The van der Waals surface area contributed by atoms with Crippen molar-refractivity contribution in [2.24, 2.45) is 0 Å². The molecule has 3 aromatic rings.